The van der Waals surface area contributed by atoms with Crippen LogP contribution in [0.15, 0.2) is 12.2 Å². The van der Waals surface area contributed by atoms with Crippen LogP contribution in [0.5, 0.6) is 0 Å². The average molecular weight is 435 g/mol. The average Bonchev–Trinajstić information content (AvgIpc) is 2.78. The molecule has 0 aliphatic carbocycles. The van der Waals surface area contributed by atoms with Gasteiger partial charge in [0.1, 0.15) is 0 Å². The number of rotatable bonds is 27. The molecule has 0 radical (unpaired) electrons. The summed E-state index contributed by atoms with van der Waals surface area (Å²) in [6.45, 7) is 4.60. The zero-order chi connectivity index (χ0) is 22.5. The van der Waals surface area contributed by atoms with E-state index in [1.165, 1.54) is 173 Å². The third-order valence-electron chi connectivity index (χ3n) is 6.87. The van der Waals surface area contributed by atoms with E-state index in [1.54, 1.807) is 0 Å². The van der Waals surface area contributed by atoms with E-state index in [0.29, 0.717) is 0 Å². The Morgan fingerprint density at radius 3 is 0.677 bits per heavy atom. The highest BCUT2D eigenvalue weighted by molar-refractivity contribution is 4.81. The van der Waals surface area contributed by atoms with Gasteiger partial charge in [-0.15, -0.1) is 0 Å². The van der Waals surface area contributed by atoms with Gasteiger partial charge >= 0.3 is 0 Å². The minimum absolute atomic E-state index is 1.31. The predicted octanol–water partition coefficient (Wildman–Crippen LogP) is 12.1. The van der Waals surface area contributed by atoms with Crippen LogP contribution in [0.25, 0.3) is 0 Å². The summed E-state index contributed by atoms with van der Waals surface area (Å²) >= 11 is 0. The third-order valence-corrected chi connectivity index (χ3v) is 6.87. The molecule has 0 fully saturated rings. The first-order valence-electron chi connectivity index (χ1n) is 15.1. The minimum Gasteiger partial charge on any atom is -0.0885 e. The second kappa shape index (κ2) is 29.7. The quantitative estimate of drug-likeness (QED) is 0.0890. The molecule has 0 aromatic rings. The van der Waals surface area contributed by atoms with Crippen LogP contribution in [0.2, 0.25) is 0 Å². The normalized spacial score (nSPS) is 11.7. The molecule has 0 heteroatoms. The van der Waals surface area contributed by atoms with Gasteiger partial charge in [-0.3, -0.25) is 0 Å². The molecule has 0 aliphatic rings. The van der Waals surface area contributed by atoms with Crippen LogP contribution in [-0.4, -0.2) is 0 Å². The summed E-state index contributed by atoms with van der Waals surface area (Å²) in [4.78, 5) is 0. The zero-order valence-corrected chi connectivity index (χ0v) is 22.2. The zero-order valence-electron chi connectivity index (χ0n) is 22.2. The van der Waals surface area contributed by atoms with E-state index in [2.05, 4.69) is 26.0 Å². The molecule has 0 aromatic carbocycles. The molecule has 0 aromatic heterocycles. The lowest BCUT2D eigenvalue weighted by molar-refractivity contribution is 0.525. The largest absolute Gasteiger partial charge is 0.0885 e. The molecular weight excluding hydrogens is 372 g/mol. The Labute approximate surface area is 199 Å². The molecule has 0 aliphatic heterocycles. The topological polar surface area (TPSA) is 0 Å². The van der Waals surface area contributed by atoms with Crippen LogP contribution in [0.1, 0.15) is 187 Å². The minimum atomic E-state index is 1.31. The van der Waals surface area contributed by atoms with Crippen molar-refractivity contribution in [1.82, 2.24) is 0 Å². The molecule has 0 saturated carbocycles. The van der Waals surface area contributed by atoms with Crippen molar-refractivity contribution in [2.45, 2.75) is 187 Å². The molecule has 0 nitrogen and oxygen atoms in total. The van der Waals surface area contributed by atoms with E-state index < -0.39 is 0 Å². The molecular formula is C31H62. The molecule has 0 bridgehead atoms. The molecule has 0 amide bonds. The molecule has 0 spiro atoms. The first-order chi connectivity index (χ1) is 15.4. The lowest BCUT2D eigenvalue weighted by Gasteiger charge is -2.03. The molecule has 0 N–H and O–H groups in total. The monoisotopic (exact) mass is 434 g/mol. The van der Waals surface area contributed by atoms with Gasteiger partial charge in [0.25, 0.3) is 0 Å². The fraction of sp³-hybridized carbons (Fsp3) is 0.935. The van der Waals surface area contributed by atoms with Crippen LogP contribution in [-0.2, 0) is 0 Å². The van der Waals surface area contributed by atoms with Gasteiger partial charge in [0.05, 0.1) is 0 Å². The Morgan fingerprint density at radius 2 is 0.452 bits per heavy atom. The van der Waals surface area contributed by atoms with Crippen molar-refractivity contribution >= 4 is 0 Å². The maximum atomic E-state index is 2.45. The fourth-order valence-corrected chi connectivity index (χ4v) is 4.62. The van der Waals surface area contributed by atoms with E-state index in [9.17, 15) is 0 Å². The second-order valence-corrected chi connectivity index (χ2v) is 10.2. The van der Waals surface area contributed by atoms with Gasteiger partial charge in [-0.2, -0.15) is 0 Å². The lowest BCUT2D eigenvalue weighted by atomic mass is 10.0. The van der Waals surface area contributed by atoms with Crippen molar-refractivity contribution in [2.75, 3.05) is 0 Å². The Hall–Kier alpha value is -0.260. The summed E-state index contributed by atoms with van der Waals surface area (Å²) in [6, 6.07) is 0. The van der Waals surface area contributed by atoms with Crippen LogP contribution < -0.4 is 0 Å². The highest BCUT2D eigenvalue weighted by Gasteiger charge is 1.95. The maximum Gasteiger partial charge on any atom is -0.0351 e. The Bertz CT molecular complexity index is 316. The van der Waals surface area contributed by atoms with Gasteiger partial charge < -0.3 is 0 Å². The molecule has 0 heterocycles. The standard InChI is InChI=1S/C31H62/c1-3-5-7-9-11-13-15-17-19-21-23-25-27-29-31-30-28-26-24-22-20-18-16-14-12-10-8-6-4-2/h19,21H,3-18,20,22-31H2,1-2H3. The highest BCUT2D eigenvalue weighted by atomic mass is 14.0. The second-order valence-electron chi connectivity index (χ2n) is 10.2. The van der Waals surface area contributed by atoms with E-state index in [-0.39, 0.29) is 0 Å². The Morgan fingerprint density at radius 1 is 0.258 bits per heavy atom. The molecule has 0 atom stereocenters. The first kappa shape index (κ1) is 30.7. The molecule has 0 rings (SSSR count). The van der Waals surface area contributed by atoms with Crippen LogP contribution in [0.3, 0.4) is 0 Å². The van der Waals surface area contributed by atoms with Crippen LogP contribution in [0, 0.1) is 0 Å². The van der Waals surface area contributed by atoms with Crippen LogP contribution >= 0.6 is 0 Å². The van der Waals surface area contributed by atoms with Crippen molar-refractivity contribution < 1.29 is 0 Å². The summed E-state index contributed by atoms with van der Waals surface area (Å²) in [5.74, 6) is 0. The van der Waals surface area contributed by atoms with E-state index >= 15 is 0 Å². The number of allylic oxidation sites excluding steroid dienone is 2. The third kappa shape index (κ3) is 29.7. The van der Waals surface area contributed by atoms with Crippen molar-refractivity contribution in [1.29, 1.82) is 0 Å². The predicted molar refractivity (Wildman–Crippen MR) is 145 cm³/mol. The molecule has 0 saturated heterocycles. The molecule has 186 valence electrons. The van der Waals surface area contributed by atoms with Crippen LogP contribution in [0.4, 0.5) is 0 Å². The lowest BCUT2D eigenvalue weighted by Crippen LogP contribution is -1.84. The summed E-state index contributed by atoms with van der Waals surface area (Å²) in [5.41, 5.74) is 0. The van der Waals surface area contributed by atoms with Gasteiger partial charge in [0.2, 0.25) is 0 Å². The highest BCUT2D eigenvalue weighted by Crippen LogP contribution is 2.15. The maximum absolute atomic E-state index is 2.45. The number of unbranched alkanes of at least 4 members (excludes halogenated alkanes) is 25. The summed E-state index contributed by atoms with van der Waals surface area (Å²) in [7, 11) is 0. The summed E-state index contributed by atoms with van der Waals surface area (Å²) < 4.78 is 0. The van der Waals surface area contributed by atoms with Gasteiger partial charge in [-0.1, -0.05) is 174 Å². The van der Waals surface area contributed by atoms with Crippen molar-refractivity contribution in [3.8, 4) is 0 Å². The van der Waals surface area contributed by atoms with E-state index in [1.807, 2.05) is 0 Å². The summed E-state index contributed by atoms with van der Waals surface area (Å²) in [5, 5.41) is 0. The SMILES string of the molecule is CCCCCCCCCC=CCCCCCCCCCCCCCCCCCCCC. The van der Waals surface area contributed by atoms with Crippen molar-refractivity contribution in [3.63, 3.8) is 0 Å². The number of hydrogen-bond donors (Lipinski definition) is 0. The van der Waals surface area contributed by atoms with Gasteiger partial charge in [-0.05, 0) is 25.7 Å². The van der Waals surface area contributed by atoms with Crippen molar-refractivity contribution in [2.24, 2.45) is 0 Å². The Balaban J connectivity index is 3.04. The molecule has 0 unspecified atom stereocenters. The smallest absolute Gasteiger partial charge is 0.0351 e. The van der Waals surface area contributed by atoms with Gasteiger partial charge in [0.15, 0.2) is 0 Å². The van der Waals surface area contributed by atoms with E-state index in [4.69, 9.17) is 0 Å². The molecule has 31 heavy (non-hydrogen) atoms. The van der Waals surface area contributed by atoms with Crippen molar-refractivity contribution in [3.05, 3.63) is 12.2 Å². The fourth-order valence-electron chi connectivity index (χ4n) is 4.62. The van der Waals surface area contributed by atoms with Gasteiger partial charge in [0, 0.05) is 0 Å². The number of hydrogen-bond acceptors (Lipinski definition) is 0. The first-order valence-corrected chi connectivity index (χ1v) is 15.1. The van der Waals surface area contributed by atoms with E-state index in [0.717, 1.165) is 0 Å². The van der Waals surface area contributed by atoms with Gasteiger partial charge in [-0.25, -0.2) is 0 Å². The summed E-state index contributed by atoms with van der Waals surface area (Å²) in [6.07, 6.45) is 43.9. The Kier molecular flexibility index (Phi) is 29.5.